The second-order valence-corrected chi connectivity index (χ2v) is 7.74. The van der Waals surface area contributed by atoms with Crippen LogP contribution in [0.4, 0.5) is 32.0 Å². The molecule has 0 aliphatic carbocycles. The van der Waals surface area contributed by atoms with Gasteiger partial charge in [0.2, 0.25) is 11.6 Å². The van der Waals surface area contributed by atoms with E-state index in [4.69, 9.17) is 5.11 Å². The maximum Gasteiger partial charge on any atom is 0.335 e. The second kappa shape index (κ2) is 10.0. The predicted molar refractivity (Wildman–Crippen MR) is 111 cm³/mol. The number of carboxylic acids is 1. The molecule has 180 valence electrons. The van der Waals surface area contributed by atoms with Gasteiger partial charge < -0.3 is 5.11 Å². The van der Waals surface area contributed by atoms with E-state index in [1.54, 1.807) is 0 Å². The van der Waals surface area contributed by atoms with Crippen molar-refractivity contribution in [3.05, 3.63) is 109 Å². The first-order chi connectivity index (χ1) is 16.4. The minimum absolute atomic E-state index is 0.159. The molecular weight excluding hydrogens is 504 g/mol. The van der Waals surface area contributed by atoms with Gasteiger partial charge in [-0.3, -0.25) is 14.9 Å². The number of carbonyl (C=O) groups excluding carboxylic acids is 1. The van der Waals surface area contributed by atoms with Gasteiger partial charge in [-0.25, -0.2) is 26.7 Å². The van der Waals surface area contributed by atoms with Crippen molar-refractivity contribution < 1.29 is 46.0 Å². The zero-order valence-corrected chi connectivity index (χ0v) is 17.6. The monoisotopic (exact) mass is 513 g/mol. The predicted octanol–water partition coefficient (Wildman–Crippen LogP) is 6.14. The maximum atomic E-state index is 14.2. The second-order valence-electron chi connectivity index (χ2n) is 6.69. The summed E-state index contributed by atoms with van der Waals surface area (Å²) < 4.78 is 82.9. The van der Waals surface area contributed by atoms with Crippen molar-refractivity contribution in [1.29, 1.82) is 0 Å². The molecule has 3 aromatic rings. The average molecular weight is 513 g/mol. The Hall–Kier alpha value is -4.13. The molecular formula is C22H9F6NO5S. The van der Waals surface area contributed by atoms with Crippen molar-refractivity contribution in [3.8, 4) is 0 Å². The fourth-order valence-electron chi connectivity index (χ4n) is 2.74. The third kappa shape index (κ3) is 5.19. The number of nitro groups is 1. The molecule has 35 heavy (non-hydrogen) atoms. The van der Waals surface area contributed by atoms with E-state index in [0.29, 0.717) is 12.1 Å². The molecule has 6 nitrogen and oxygen atoms in total. The maximum absolute atomic E-state index is 14.2. The quantitative estimate of drug-likeness (QED) is 0.0596. The summed E-state index contributed by atoms with van der Waals surface area (Å²) in [7, 11) is 0. The lowest BCUT2D eigenvalue weighted by Crippen LogP contribution is -2.07. The van der Waals surface area contributed by atoms with Crippen LogP contribution in [0.1, 0.15) is 26.3 Å². The Morgan fingerprint density at radius 1 is 0.829 bits per heavy atom. The number of rotatable bonds is 7. The molecule has 0 aliphatic rings. The molecule has 3 rings (SSSR count). The normalized spacial score (nSPS) is 11.4. The highest BCUT2D eigenvalue weighted by atomic mass is 32.2. The molecule has 1 N–H and O–H groups in total. The summed E-state index contributed by atoms with van der Waals surface area (Å²) in [5, 5.41) is 20.0. The molecule has 0 spiro atoms. The lowest BCUT2D eigenvalue weighted by atomic mass is 10.1. The number of hydrogen-bond acceptors (Lipinski definition) is 5. The number of halogens is 6. The Morgan fingerprint density at radius 2 is 1.34 bits per heavy atom. The third-order valence-electron chi connectivity index (χ3n) is 4.46. The van der Waals surface area contributed by atoms with Crippen LogP contribution in [0.3, 0.4) is 0 Å². The van der Waals surface area contributed by atoms with E-state index in [9.17, 15) is 46.0 Å². The summed E-state index contributed by atoms with van der Waals surface area (Å²) >= 11 is -0.159. The standard InChI is InChI=1S/C22H9F6NO5S/c23-12-6-1-9(7-13(12)29(33)34)8-14(20(30)10-2-4-11(5-3-10)22(31)32)35-21-18(27)16(25)15(24)17(26)19(21)28/h1-8H,(H,31,32). The molecule has 0 amide bonds. The summed E-state index contributed by atoms with van der Waals surface area (Å²) in [6.07, 6.45) is 0.822. The number of nitrogens with zero attached hydrogens (tertiary/aromatic N) is 1. The highest BCUT2D eigenvalue weighted by Gasteiger charge is 2.28. The van der Waals surface area contributed by atoms with Crippen molar-refractivity contribution in [2.24, 2.45) is 0 Å². The van der Waals surface area contributed by atoms with E-state index in [2.05, 4.69) is 0 Å². The molecule has 0 saturated carbocycles. The van der Waals surface area contributed by atoms with Gasteiger partial charge in [-0.1, -0.05) is 30.0 Å². The lowest BCUT2D eigenvalue weighted by molar-refractivity contribution is -0.387. The molecule has 0 fully saturated rings. The number of thioether (sulfide) groups is 1. The first-order valence-corrected chi connectivity index (χ1v) is 9.97. The van der Waals surface area contributed by atoms with Crippen LogP contribution in [0, 0.1) is 45.0 Å². The van der Waals surface area contributed by atoms with Crippen molar-refractivity contribution in [2.45, 2.75) is 4.90 Å². The van der Waals surface area contributed by atoms with E-state index in [-0.39, 0.29) is 28.5 Å². The number of allylic oxidation sites excluding steroid dienone is 1. The molecule has 0 aromatic heterocycles. The number of hydrogen-bond donors (Lipinski definition) is 1. The Kier molecular flexibility index (Phi) is 7.29. The smallest absolute Gasteiger partial charge is 0.335 e. The average Bonchev–Trinajstić information content (AvgIpc) is 2.83. The molecule has 0 heterocycles. The molecule has 0 radical (unpaired) electrons. The van der Waals surface area contributed by atoms with Gasteiger partial charge >= 0.3 is 11.7 Å². The Morgan fingerprint density at radius 3 is 1.86 bits per heavy atom. The zero-order chi connectivity index (χ0) is 26.0. The highest BCUT2D eigenvalue weighted by Crippen LogP contribution is 2.37. The molecule has 13 heteroatoms. The van der Waals surface area contributed by atoms with Crippen molar-refractivity contribution in [1.82, 2.24) is 0 Å². The van der Waals surface area contributed by atoms with E-state index in [1.165, 1.54) is 0 Å². The number of nitro benzene ring substituents is 1. The van der Waals surface area contributed by atoms with Crippen LogP contribution >= 0.6 is 11.8 Å². The van der Waals surface area contributed by atoms with Crippen LogP contribution < -0.4 is 0 Å². The molecule has 0 atom stereocenters. The van der Waals surface area contributed by atoms with E-state index in [0.717, 1.165) is 36.4 Å². The number of benzene rings is 3. The van der Waals surface area contributed by atoms with Gasteiger partial charge in [0.1, 0.15) is 0 Å². The Balaban J connectivity index is 2.17. The Labute approximate surface area is 195 Å². The molecule has 0 saturated heterocycles. The van der Waals surface area contributed by atoms with Gasteiger partial charge in [-0.15, -0.1) is 0 Å². The number of carboxylic acid groups (broad SMARTS) is 1. The number of carbonyl (C=O) groups is 2. The van der Waals surface area contributed by atoms with Gasteiger partial charge in [0, 0.05) is 11.6 Å². The fourth-order valence-corrected chi connectivity index (χ4v) is 3.73. The van der Waals surface area contributed by atoms with Crippen molar-refractivity contribution in [3.63, 3.8) is 0 Å². The van der Waals surface area contributed by atoms with Gasteiger partial charge in [0.05, 0.1) is 20.3 Å². The number of ketones is 1. The van der Waals surface area contributed by atoms with Gasteiger partial charge in [-0.05, 0) is 29.8 Å². The minimum atomic E-state index is -2.42. The SMILES string of the molecule is O=C(O)c1ccc(C(=O)C(=Cc2ccc(F)c([N+](=O)[O-])c2)Sc2c(F)c(F)c(F)c(F)c2F)cc1. The van der Waals surface area contributed by atoms with Gasteiger partial charge in [0.25, 0.3) is 0 Å². The van der Waals surface area contributed by atoms with Crippen LogP contribution in [-0.2, 0) is 0 Å². The van der Waals surface area contributed by atoms with Crippen LogP contribution in [-0.4, -0.2) is 21.8 Å². The molecule has 0 unspecified atom stereocenters. The lowest BCUT2D eigenvalue weighted by Gasteiger charge is -2.11. The summed E-state index contributed by atoms with van der Waals surface area (Å²) in [6.45, 7) is 0. The van der Waals surface area contributed by atoms with Crippen LogP contribution in [0.2, 0.25) is 0 Å². The number of Topliss-reactive ketones (excluding diaryl/α,β-unsaturated/α-hetero) is 1. The molecule has 0 aliphatic heterocycles. The van der Waals surface area contributed by atoms with Crippen LogP contribution in [0.15, 0.2) is 52.3 Å². The summed E-state index contributed by atoms with van der Waals surface area (Å²) in [6, 6.07) is 6.46. The van der Waals surface area contributed by atoms with Gasteiger partial charge in [0.15, 0.2) is 29.1 Å². The minimum Gasteiger partial charge on any atom is -0.478 e. The summed E-state index contributed by atoms with van der Waals surface area (Å²) in [4.78, 5) is 31.9. The van der Waals surface area contributed by atoms with Crippen LogP contribution in [0.25, 0.3) is 6.08 Å². The molecule has 0 bridgehead atoms. The number of aromatic carboxylic acids is 1. The van der Waals surface area contributed by atoms with Crippen LogP contribution in [0.5, 0.6) is 0 Å². The third-order valence-corrected chi connectivity index (χ3v) is 5.55. The zero-order valence-electron chi connectivity index (χ0n) is 16.8. The highest BCUT2D eigenvalue weighted by molar-refractivity contribution is 8.04. The first kappa shape index (κ1) is 25.5. The van der Waals surface area contributed by atoms with E-state index in [1.807, 2.05) is 0 Å². The van der Waals surface area contributed by atoms with E-state index >= 15 is 0 Å². The first-order valence-electron chi connectivity index (χ1n) is 9.15. The largest absolute Gasteiger partial charge is 0.478 e. The summed E-state index contributed by atoms with van der Waals surface area (Å²) in [5.74, 6) is -15.0. The molecule has 3 aromatic carbocycles. The Bertz CT molecular complexity index is 1380. The van der Waals surface area contributed by atoms with Crippen molar-refractivity contribution >= 4 is 35.3 Å². The van der Waals surface area contributed by atoms with E-state index < -0.39 is 67.1 Å². The fraction of sp³-hybridized carbons (Fsp3) is 0. The van der Waals surface area contributed by atoms with Crippen molar-refractivity contribution in [2.75, 3.05) is 0 Å². The summed E-state index contributed by atoms with van der Waals surface area (Å²) in [5.41, 5.74) is -1.67. The van der Waals surface area contributed by atoms with Gasteiger partial charge in [-0.2, -0.15) is 4.39 Å². The topological polar surface area (TPSA) is 97.5 Å².